The third-order valence-corrected chi connectivity index (χ3v) is 4.40. The van der Waals surface area contributed by atoms with Crippen LogP contribution in [0.5, 0.6) is 0 Å². The second-order valence-electron chi connectivity index (χ2n) is 5.84. The van der Waals surface area contributed by atoms with Crippen molar-refractivity contribution < 1.29 is 19.1 Å². The summed E-state index contributed by atoms with van der Waals surface area (Å²) in [7, 11) is 0. The summed E-state index contributed by atoms with van der Waals surface area (Å²) in [5.41, 5.74) is 0.623. The highest BCUT2D eigenvalue weighted by Crippen LogP contribution is 2.32. The minimum absolute atomic E-state index is 0.0133. The molecule has 3 rings (SSSR count). The molecule has 0 aliphatic carbocycles. The molecular weight excluding hydrogens is 415 g/mol. The van der Waals surface area contributed by atoms with Crippen LogP contribution in [0.25, 0.3) is 17.4 Å². The van der Waals surface area contributed by atoms with Gasteiger partial charge in [-0.25, -0.2) is 4.79 Å². The average Bonchev–Trinajstić information content (AvgIpc) is 3.16. The van der Waals surface area contributed by atoms with Crippen LogP contribution in [0.2, 0.25) is 10.0 Å². The monoisotopic (exact) mass is 426 g/mol. The number of carbonyl (C=O) groups excluding carboxylic acids is 1. The van der Waals surface area contributed by atoms with E-state index in [0.29, 0.717) is 21.4 Å². The van der Waals surface area contributed by atoms with Gasteiger partial charge in [0.2, 0.25) is 0 Å². The van der Waals surface area contributed by atoms with Crippen molar-refractivity contribution in [2.24, 2.45) is 0 Å². The van der Waals surface area contributed by atoms with Gasteiger partial charge in [-0.3, -0.25) is 4.79 Å². The Bertz CT molecular complexity index is 1180. The molecule has 0 aliphatic heterocycles. The summed E-state index contributed by atoms with van der Waals surface area (Å²) >= 11 is 12.1. The molecule has 0 unspecified atom stereocenters. The van der Waals surface area contributed by atoms with Crippen molar-refractivity contribution in [3.8, 4) is 17.4 Å². The lowest BCUT2D eigenvalue weighted by Gasteiger charge is -2.05. The van der Waals surface area contributed by atoms with Crippen LogP contribution in [0.3, 0.4) is 0 Å². The third-order valence-electron chi connectivity index (χ3n) is 3.84. The Morgan fingerprint density at radius 1 is 1.10 bits per heavy atom. The summed E-state index contributed by atoms with van der Waals surface area (Å²) in [6.07, 6.45) is 1.28. The normalized spacial score (nSPS) is 11.0. The van der Waals surface area contributed by atoms with Gasteiger partial charge in [-0.1, -0.05) is 29.3 Å². The zero-order valence-corrected chi connectivity index (χ0v) is 16.2. The highest BCUT2D eigenvalue weighted by atomic mass is 35.5. The maximum atomic E-state index is 12.4. The SMILES string of the molecule is N#CC(=Cc1ccc(-c2cc(Cl)ccc2Cl)o1)C(=O)Nc1cccc(C(=O)O)c1. The minimum atomic E-state index is -1.13. The van der Waals surface area contributed by atoms with Crippen molar-refractivity contribution in [2.45, 2.75) is 0 Å². The molecule has 2 aromatic carbocycles. The number of aromatic carboxylic acids is 1. The van der Waals surface area contributed by atoms with Crippen molar-refractivity contribution >= 4 is 46.8 Å². The molecule has 1 aromatic heterocycles. The van der Waals surface area contributed by atoms with Crippen molar-refractivity contribution in [3.63, 3.8) is 0 Å². The fraction of sp³-hybridized carbons (Fsp3) is 0. The molecule has 0 saturated heterocycles. The number of carboxylic acids is 1. The minimum Gasteiger partial charge on any atom is -0.478 e. The second-order valence-corrected chi connectivity index (χ2v) is 6.68. The maximum absolute atomic E-state index is 12.4. The standard InChI is InChI=1S/C21H12Cl2N2O4/c22-14-4-6-18(23)17(10-14)19-7-5-16(29-19)9-13(11-24)20(26)25-15-3-1-2-12(8-15)21(27)28/h1-10H,(H,25,26)(H,27,28). The number of anilines is 1. The molecule has 144 valence electrons. The molecule has 0 aliphatic rings. The number of benzene rings is 2. The van der Waals surface area contributed by atoms with Gasteiger partial charge in [0.1, 0.15) is 23.2 Å². The van der Waals surface area contributed by atoms with Gasteiger partial charge in [-0.15, -0.1) is 0 Å². The van der Waals surface area contributed by atoms with Gasteiger partial charge in [0.15, 0.2) is 0 Å². The van der Waals surface area contributed by atoms with Crippen LogP contribution in [0.4, 0.5) is 5.69 Å². The predicted octanol–water partition coefficient (Wildman–Crippen LogP) is 5.50. The first kappa shape index (κ1) is 20.2. The van der Waals surface area contributed by atoms with E-state index in [0.717, 1.165) is 0 Å². The molecule has 1 amide bonds. The molecule has 1 heterocycles. The number of hydrogen-bond acceptors (Lipinski definition) is 4. The van der Waals surface area contributed by atoms with Gasteiger partial charge in [-0.05, 0) is 48.5 Å². The fourth-order valence-corrected chi connectivity index (χ4v) is 2.86. The lowest BCUT2D eigenvalue weighted by atomic mass is 10.1. The number of nitrogens with zero attached hydrogens (tertiary/aromatic N) is 1. The highest BCUT2D eigenvalue weighted by Gasteiger charge is 2.14. The first-order valence-corrected chi connectivity index (χ1v) is 8.95. The van der Waals surface area contributed by atoms with E-state index in [2.05, 4.69) is 5.32 Å². The molecule has 0 atom stereocenters. The molecule has 6 nitrogen and oxygen atoms in total. The van der Waals surface area contributed by atoms with Gasteiger partial charge >= 0.3 is 5.97 Å². The molecule has 0 saturated carbocycles. The molecule has 29 heavy (non-hydrogen) atoms. The molecule has 0 spiro atoms. The molecule has 8 heteroatoms. The number of carbonyl (C=O) groups is 2. The molecular formula is C21H12Cl2N2O4. The summed E-state index contributed by atoms with van der Waals surface area (Å²) in [5, 5.41) is 21.8. The topological polar surface area (TPSA) is 103 Å². The van der Waals surface area contributed by atoms with E-state index in [1.807, 2.05) is 0 Å². The molecule has 0 radical (unpaired) electrons. The summed E-state index contributed by atoms with van der Waals surface area (Å²) in [4.78, 5) is 23.4. The van der Waals surface area contributed by atoms with Gasteiger partial charge in [0.05, 0.1) is 10.6 Å². The maximum Gasteiger partial charge on any atom is 0.335 e. The van der Waals surface area contributed by atoms with Crippen molar-refractivity contribution in [1.29, 1.82) is 5.26 Å². The summed E-state index contributed by atoms with van der Waals surface area (Å²) < 4.78 is 5.66. The molecule has 0 fully saturated rings. The largest absolute Gasteiger partial charge is 0.478 e. The zero-order valence-electron chi connectivity index (χ0n) is 14.6. The lowest BCUT2D eigenvalue weighted by molar-refractivity contribution is -0.112. The third kappa shape index (κ3) is 4.85. The van der Waals surface area contributed by atoms with Crippen LogP contribution in [0.1, 0.15) is 16.1 Å². The van der Waals surface area contributed by atoms with Crippen LogP contribution in [0, 0.1) is 11.3 Å². The van der Waals surface area contributed by atoms with Crippen LogP contribution in [-0.4, -0.2) is 17.0 Å². The zero-order chi connectivity index (χ0) is 21.0. The van der Waals surface area contributed by atoms with E-state index in [1.165, 1.54) is 30.3 Å². The van der Waals surface area contributed by atoms with Gasteiger partial charge in [0.25, 0.3) is 5.91 Å². The lowest BCUT2D eigenvalue weighted by Crippen LogP contribution is -2.13. The van der Waals surface area contributed by atoms with Crippen LogP contribution >= 0.6 is 23.2 Å². The van der Waals surface area contributed by atoms with Gasteiger partial charge in [0, 0.05) is 22.3 Å². The molecule has 3 aromatic rings. The van der Waals surface area contributed by atoms with Gasteiger partial charge < -0.3 is 14.8 Å². The first-order chi connectivity index (χ1) is 13.9. The Morgan fingerprint density at radius 3 is 2.62 bits per heavy atom. The Morgan fingerprint density at radius 2 is 1.90 bits per heavy atom. The van der Waals surface area contributed by atoms with E-state index in [4.69, 9.17) is 32.7 Å². The average molecular weight is 427 g/mol. The van der Waals surface area contributed by atoms with E-state index in [9.17, 15) is 14.9 Å². The Balaban J connectivity index is 1.83. The number of halogens is 2. The number of rotatable bonds is 5. The number of furan rings is 1. The fourth-order valence-electron chi connectivity index (χ4n) is 2.48. The van der Waals surface area contributed by atoms with Gasteiger partial charge in [-0.2, -0.15) is 5.26 Å². The highest BCUT2D eigenvalue weighted by molar-refractivity contribution is 6.35. The van der Waals surface area contributed by atoms with E-state index in [1.54, 1.807) is 36.4 Å². The number of nitrogens with one attached hydrogen (secondary N) is 1. The van der Waals surface area contributed by atoms with E-state index >= 15 is 0 Å². The van der Waals surface area contributed by atoms with Crippen molar-refractivity contribution in [3.05, 3.63) is 81.5 Å². The number of carboxylic acid groups (broad SMARTS) is 1. The molecule has 2 N–H and O–H groups in total. The summed E-state index contributed by atoms with van der Waals surface area (Å²) in [6, 6.07) is 15.7. The second kappa shape index (κ2) is 8.65. The van der Waals surface area contributed by atoms with E-state index in [-0.39, 0.29) is 22.6 Å². The number of nitriles is 1. The Kier molecular flexibility index (Phi) is 6.03. The first-order valence-electron chi connectivity index (χ1n) is 8.19. The number of hydrogen-bond donors (Lipinski definition) is 2. The Hall–Kier alpha value is -3.53. The summed E-state index contributed by atoms with van der Waals surface area (Å²) in [5.74, 6) is -1.13. The van der Waals surface area contributed by atoms with Crippen LogP contribution in [0.15, 0.2) is 64.6 Å². The van der Waals surface area contributed by atoms with E-state index < -0.39 is 11.9 Å². The van der Waals surface area contributed by atoms with Crippen LogP contribution in [-0.2, 0) is 4.79 Å². The predicted molar refractivity (Wildman–Crippen MR) is 110 cm³/mol. The smallest absolute Gasteiger partial charge is 0.335 e. The Labute approximate surface area is 175 Å². The van der Waals surface area contributed by atoms with Crippen LogP contribution < -0.4 is 5.32 Å². The number of amides is 1. The summed E-state index contributed by atoms with van der Waals surface area (Å²) in [6.45, 7) is 0. The van der Waals surface area contributed by atoms with Crippen molar-refractivity contribution in [1.82, 2.24) is 0 Å². The molecule has 0 bridgehead atoms. The van der Waals surface area contributed by atoms with Crippen molar-refractivity contribution in [2.75, 3.05) is 5.32 Å². The quantitative estimate of drug-likeness (QED) is 0.414.